The van der Waals surface area contributed by atoms with Crippen molar-refractivity contribution in [2.75, 3.05) is 4.90 Å². The number of rotatable bonds is 9. The van der Waals surface area contributed by atoms with Gasteiger partial charge < -0.3 is 9.47 Å². The number of ether oxygens (including phenoxy) is 2. The number of allylic oxidation sites excluding steroid dienone is 1. The lowest BCUT2D eigenvalue weighted by molar-refractivity contribution is -0.135. The maximum atomic E-state index is 13.1. The Morgan fingerprint density at radius 2 is 1.62 bits per heavy atom. The molecule has 0 spiro atoms. The molecule has 0 aliphatic carbocycles. The lowest BCUT2D eigenvalue weighted by Gasteiger charge is -2.46. The number of nitrogens with zero attached hydrogens (tertiary/aromatic N) is 4. The van der Waals surface area contributed by atoms with Gasteiger partial charge in [0.15, 0.2) is 0 Å². The van der Waals surface area contributed by atoms with E-state index in [1.54, 1.807) is 15.7 Å². The molecule has 1 aliphatic heterocycles. The number of benzene rings is 3. The van der Waals surface area contributed by atoms with Crippen LogP contribution in [0.2, 0.25) is 0 Å². The topological polar surface area (TPSA) is 69.5 Å². The molecule has 0 bridgehead atoms. The van der Waals surface area contributed by atoms with Gasteiger partial charge in [0.05, 0.1) is 12.7 Å². The first-order valence-corrected chi connectivity index (χ1v) is 11.1. The molecule has 1 aromatic heterocycles. The van der Waals surface area contributed by atoms with Crippen LogP contribution in [0.1, 0.15) is 17.3 Å². The van der Waals surface area contributed by atoms with Crippen LogP contribution in [0.15, 0.2) is 104 Å². The van der Waals surface area contributed by atoms with E-state index in [4.69, 9.17) is 9.47 Å². The standard InChI is InChI=1S/C27H24N4O3/c1-2-17-30-18-21(28-29-30)19-33-23-15-13-20(14-16-23)25-26(34-24-11-7-4-8-12-24)27(32)31(25)22-9-5-3-6-10-22/h2-16,18,25-26H,1,17,19H2/t25-,26+/m1/s1. The summed E-state index contributed by atoms with van der Waals surface area (Å²) >= 11 is 0. The van der Waals surface area contributed by atoms with Crippen LogP contribution in [0.5, 0.6) is 11.5 Å². The number of β-lactam (4-membered cyclic amide) rings is 1. The third-order valence-electron chi connectivity index (χ3n) is 5.60. The van der Waals surface area contributed by atoms with Gasteiger partial charge in [-0.05, 0) is 42.0 Å². The van der Waals surface area contributed by atoms with Gasteiger partial charge in [-0.25, -0.2) is 4.68 Å². The highest BCUT2D eigenvalue weighted by Crippen LogP contribution is 2.41. The molecule has 34 heavy (non-hydrogen) atoms. The smallest absolute Gasteiger partial charge is 0.271 e. The number of anilines is 1. The molecule has 1 amide bonds. The third kappa shape index (κ3) is 4.41. The van der Waals surface area contributed by atoms with Crippen molar-refractivity contribution < 1.29 is 14.3 Å². The largest absolute Gasteiger partial charge is 0.487 e. The summed E-state index contributed by atoms with van der Waals surface area (Å²) in [4.78, 5) is 14.9. The molecule has 4 aromatic rings. The van der Waals surface area contributed by atoms with Crippen LogP contribution in [0, 0.1) is 0 Å². The molecule has 7 nitrogen and oxygen atoms in total. The van der Waals surface area contributed by atoms with Crippen LogP contribution in [-0.2, 0) is 17.9 Å². The highest BCUT2D eigenvalue weighted by molar-refractivity contribution is 6.05. The molecule has 7 heteroatoms. The number of carbonyl (C=O) groups excluding carboxylic acids is 1. The number of hydrogen-bond donors (Lipinski definition) is 0. The van der Waals surface area contributed by atoms with Gasteiger partial charge in [-0.2, -0.15) is 0 Å². The maximum absolute atomic E-state index is 13.1. The second kappa shape index (κ2) is 9.62. The minimum absolute atomic E-state index is 0.0667. The number of hydrogen-bond acceptors (Lipinski definition) is 5. The van der Waals surface area contributed by atoms with Crippen molar-refractivity contribution in [3.63, 3.8) is 0 Å². The highest BCUT2D eigenvalue weighted by Gasteiger charge is 2.51. The Bertz CT molecular complexity index is 1260. The van der Waals surface area contributed by atoms with Gasteiger partial charge in [0, 0.05) is 5.69 Å². The van der Waals surface area contributed by atoms with Gasteiger partial charge in [0.25, 0.3) is 5.91 Å². The summed E-state index contributed by atoms with van der Waals surface area (Å²) in [7, 11) is 0. The lowest BCUT2D eigenvalue weighted by Crippen LogP contribution is -2.61. The van der Waals surface area contributed by atoms with E-state index >= 15 is 0 Å². The van der Waals surface area contributed by atoms with Gasteiger partial charge in [-0.15, -0.1) is 11.7 Å². The van der Waals surface area contributed by atoms with Crippen LogP contribution in [0.25, 0.3) is 0 Å². The molecule has 170 valence electrons. The SMILES string of the molecule is C=CCn1cc(COc2ccc([C@@H]3[C@H](Oc4ccccc4)C(=O)N3c3ccccc3)cc2)nn1. The Morgan fingerprint density at radius 3 is 2.32 bits per heavy atom. The monoisotopic (exact) mass is 452 g/mol. The number of carbonyl (C=O) groups is 1. The average Bonchev–Trinajstić information content (AvgIpc) is 3.33. The first-order valence-electron chi connectivity index (χ1n) is 11.1. The van der Waals surface area contributed by atoms with E-state index in [-0.39, 0.29) is 11.9 Å². The molecule has 3 aromatic carbocycles. The Balaban J connectivity index is 1.33. The maximum Gasteiger partial charge on any atom is 0.271 e. The van der Waals surface area contributed by atoms with Crippen LogP contribution in [-0.4, -0.2) is 27.0 Å². The van der Waals surface area contributed by atoms with Crippen molar-refractivity contribution >= 4 is 11.6 Å². The van der Waals surface area contributed by atoms with E-state index in [1.165, 1.54) is 0 Å². The predicted molar refractivity (Wildman–Crippen MR) is 129 cm³/mol. The summed E-state index contributed by atoms with van der Waals surface area (Å²) < 4.78 is 13.7. The summed E-state index contributed by atoms with van der Waals surface area (Å²) in [5, 5.41) is 8.12. The highest BCUT2D eigenvalue weighted by atomic mass is 16.5. The third-order valence-corrected chi connectivity index (χ3v) is 5.60. The number of amides is 1. The van der Waals surface area contributed by atoms with Crippen molar-refractivity contribution in [3.05, 3.63) is 115 Å². The van der Waals surface area contributed by atoms with E-state index in [2.05, 4.69) is 16.9 Å². The first-order chi connectivity index (χ1) is 16.7. The van der Waals surface area contributed by atoms with E-state index in [0.717, 1.165) is 16.9 Å². The van der Waals surface area contributed by atoms with Gasteiger partial charge >= 0.3 is 0 Å². The van der Waals surface area contributed by atoms with Crippen molar-refractivity contribution in [1.29, 1.82) is 0 Å². The molecule has 0 radical (unpaired) electrons. The molecule has 0 N–H and O–H groups in total. The van der Waals surface area contributed by atoms with Gasteiger partial charge in [0.2, 0.25) is 6.10 Å². The summed E-state index contributed by atoms with van der Waals surface area (Å²) in [6.45, 7) is 4.61. The zero-order chi connectivity index (χ0) is 23.3. The molecule has 0 unspecified atom stereocenters. The van der Waals surface area contributed by atoms with Crippen LogP contribution >= 0.6 is 0 Å². The molecule has 1 fully saturated rings. The molecular formula is C27H24N4O3. The number of aromatic nitrogens is 3. The van der Waals surface area contributed by atoms with Gasteiger partial charge in [-0.1, -0.05) is 59.8 Å². The quantitative estimate of drug-likeness (QED) is 0.275. The van der Waals surface area contributed by atoms with E-state index in [9.17, 15) is 4.79 Å². The van der Waals surface area contributed by atoms with Crippen LogP contribution in [0.3, 0.4) is 0 Å². The van der Waals surface area contributed by atoms with Crippen LogP contribution in [0.4, 0.5) is 5.69 Å². The molecule has 1 saturated heterocycles. The summed E-state index contributed by atoms with van der Waals surface area (Å²) in [5.74, 6) is 1.31. The minimum Gasteiger partial charge on any atom is -0.487 e. The Labute approximate surface area is 197 Å². The summed E-state index contributed by atoms with van der Waals surface area (Å²) in [6, 6.07) is 26.6. The fourth-order valence-electron chi connectivity index (χ4n) is 3.97. The average molecular weight is 453 g/mol. The van der Waals surface area contributed by atoms with E-state index in [0.29, 0.717) is 24.7 Å². The fraction of sp³-hybridized carbons (Fsp3) is 0.148. The Kier molecular flexibility index (Phi) is 6.07. The van der Waals surface area contributed by atoms with Crippen LogP contribution < -0.4 is 14.4 Å². The zero-order valence-corrected chi connectivity index (χ0v) is 18.5. The lowest BCUT2D eigenvalue weighted by atomic mass is 9.89. The second-order valence-corrected chi connectivity index (χ2v) is 7.92. The van der Waals surface area contributed by atoms with Crippen molar-refractivity contribution in [2.24, 2.45) is 0 Å². The Hall–Kier alpha value is -4.39. The minimum atomic E-state index is -0.603. The van der Waals surface area contributed by atoms with Gasteiger partial charge in [-0.3, -0.25) is 9.69 Å². The van der Waals surface area contributed by atoms with E-state index in [1.807, 2.05) is 91.1 Å². The molecular weight excluding hydrogens is 428 g/mol. The van der Waals surface area contributed by atoms with Gasteiger partial charge in [0.1, 0.15) is 29.8 Å². The normalized spacial score (nSPS) is 17.2. The fourth-order valence-corrected chi connectivity index (χ4v) is 3.97. The van der Waals surface area contributed by atoms with Crippen molar-refractivity contribution in [1.82, 2.24) is 15.0 Å². The van der Waals surface area contributed by atoms with E-state index < -0.39 is 6.10 Å². The number of para-hydroxylation sites is 2. The molecule has 1 aliphatic rings. The summed E-state index contributed by atoms with van der Waals surface area (Å²) in [5.41, 5.74) is 2.55. The molecule has 2 atom stereocenters. The van der Waals surface area contributed by atoms with Crippen molar-refractivity contribution in [2.45, 2.75) is 25.3 Å². The predicted octanol–water partition coefficient (Wildman–Crippen LogP) is 4.58. The molecule has 5 rings (SSSR count). The molecule has 0 saturated carbocycles. The second-order valence-electron chi connectivity index (χ2n) is 7.92. The zero-order valence-electron chi connectivity index (χ0n) is 18.5. The molecule has 2 heterocycles. The summed E-state index contributed by atoms with van der Waals surface area (Å²) in [6.07, 6.45) is 2.99. The Morgan fingerprint density at radius 1 is 0.912 bits per heavy atom. The first kappa shape index (κ1) is 21.5. The van der Waals surface area contributed by atoms with Crippen molar-refractivity contribution in [3.8, 4) is 11.5 Å².